The van der Waals surface area contributed by atoms with Gasteiger partial charge in [0.1, 0.15) is 17.9 Å². The van der Waals surface area contributed by atoms with Crippen LogP contribution >= 0.6 is 0 Å². The van der Waals surface area contributed by atoms with Crippen LogP contribution in [0.15, 0.2) is 54.8 Å². The van der Waals surface area contributed by atoms with E-state index < -0.39 is 5.97 Å². The van der Waals surface area contributed by atoms with Crippen LogP contribution in [0, 0.1) is 0 Å². The largest absolute Gasteiger partial charge is 0.503 e. The first kappa shape index (κ1) is 21.9. The molecule has 6 nitrogen and oxygen atoms in total. The Labute approximate surface area is 178 Å². The molecule has 0 atom stereocenters. The lowest BCUT2D eigenvalue weighted by molar-refractivity contribution is -0.133. The molecule has 0 radical (unpaired) electrons. The average molecular weight is 411 g/mol. The molecule has 1 aliphatic heterocycles. The molecule has 0 unspecified atom stereocenters. The van der Waals surface area contributed by atoms with E-state index in [0.29, 0.717) is 12.2 Å². The number of rotatable bonds is 8. The molecule has 3 rings (SSSR count). The zero-order chi connectivity index (χ0) is 21.3. The van der Waals surface area contributed by atoms with Gasteiger partial charge in [0.15, 0.2) is 0 Å². The van der Waals surface area contributed by atoms with Crippen molar-refractivity contribution in [3.05, 3.63) is 71.5 Å². The molecule has 160 valence electrons. The van der Waals surface area contributed by atoms with Gasteiger partial charge in [-0.15, -0.1) is 0 Å². The van der Waals surface area contributed by atoms with Crippen molar-refractivity contribution >= 4 is 11.5 Å². The van der Waals surface area contributed by atoms with Gasteiger partial charge < -0.3 is 19.1 Å². The second kappa shape index (κ2) is 10.8. The summed E-state index contributed by atoms with van der Waals surface area (Å²) in [4.78, 5) is 17.0. The summed E-state index contributed by atoms with van der Waals surface area (Å²) in [6.07, 6.45) is 1.40. The minimum absolute atomic E-state index is 0.339. The van der Waals surface area contributed by atoms with Gasteiger partial charge >= 0.3 is 5.97 Å². The number of piperazine rings is 1. The van der Waals surface area contributed by atoms with Crippen molar-refractivity contribution in [1.82, 2.24) is 9.80 Å². The Kier molecular flexibility index (Phi) is 7.88. The molecule has 1 saturated heterocycles. The van der Waals surface area contributed by atoms with Crippen LogP contribution in [0.3, 0.4) is 0 Å². The Balaban J connectivity index is 1.63. The predicted molar refractivity (Wildman–Crippen MR) is 117 cm³/mol. The van der Waals surface area contributed by atoms with Gasteiger partial charge in [0.25, 0.3) is 0 Å². The van der Waals surface area contributed by atoms with E-state index in [-0.39, 0.29) is 0 Å². The van der Waals surface area contributed by atoms with E-state index in [0.717, 1.165) is 49.6 Å². The lowest BCUT2D eigenvalue weighted by Crippen LogP contribution is -2.43. The molecule has 0 spiro atoms. The monoisotopic (exact) mass is 410 g/mol. The first-order valence-corrected chi connectivity index (χ1v) is 10.1. The summed E-state index contributed by atoms with van der Waals surface area (Å²) < 4.78 is 15.9. The number of nitrogens with zero attached hydrogens (tertiary/aromatic N) is 2. The lowest BCUT2D eigenvalue weighted by Gasteiger charge is -2.32. The van der Waals surface area contributed by atoms with Crippen molar-refractivity contribution in [2.24, 2.45) is 0 Å². The highest BCUT2D eigenvalue weighted by molar-refractivity contribution is 6.16. The van der Waals surface area contributed by atoms with Gasteiger partial charge in [-0.05, 0) is 35.9 Å². The Morgan fingerprint density at radius 2 is 1.70 bits per heavy atom. The average Bonchev–Trinajstić information content (AvgIpc) is 2.78. The summed E-state index contributed by atoms with van der Waals surface area (Å²) in [6.45, 7) is 5.73. The van der Waals surface area contributed by atoms with Crippen molar-refractivity contribution < 1.29 is 19.0 Å². The molecule has 0 saturated carbocycles. The number of benzene rings is 2. The molecule has 2 aromatic carbocycles. The van der Waals surface area contributed by atoms with Crippen molar-refractivity contribution in [2.75, 3.05) is 47.4 Å². The van der Waals surface area contributed by atoms with Crippen molar-refractivity contribution in [1.29, 1.82) is 0 Å². The van der Waals surface area contributed by atoms with E-state index in [4.69, 9.17) is 14.2 Å². The van der Waals surface area contributed by atoms with Gasteiger partial charge in [0, 0.05) is 32.7 Å². The van der Waals surface area contributed by atoms with E-state index in [2.05, 4.69) is 29.0 Å². The molecule has 0 aliphatic carbocycles. The molecule has 0 bridgehead atoms. The lowest BCUT2D eigenvalue weighted by atomic mass is 10.0. The van der Waals surface area contributed by atoms with Gasteiger partial charge in [-0.3, -0.25) is 4.90 Å². The zero-order valence-electron chi connectivity index (χ0n) is 18.0. The zero-order valence-corrected chi connectivity index (χ0v) is 18.0. The van der Waals surface area contributed by atoms with Crippen LogP contribution in [0.2, 0.25) is 0 Å². The highest BCUT2D eigenvalue weighted by Gasteiger charge is 2.17. The van der Waals surface area contributed by atoms with Crippen LogP contribution in [0.1, 0.15) is 16.7 Å². The fraction of sp³-hybridized carbons (Fsp3) is 0.375. The first-order valence-electron chi connectivity index (χ1n) is 10.1. The predicted octanol–water partition coefficient (Wildman–Crippen LogP) is 3.17. The Morgan fingerprint density at radius 1 is 1.00 bits per heavy atom. The molecule has 6 heteroatoms. The first-order chi connectivity index (χ1) is 14.6. The minimum atomic E-state index is -0.447. The third kappa shape index (κ3) is 5.84. The second-order valence-electron chi connectivity index (χ2n) is 7.43. The molecular formula is C24H30N2O4. The summed E-state index contributed by atoms with van der Waals surface area (Å²) in [5, 5.41) is 0. The smallest absolute Gasteiger partial charge is 0.341 e. The molecule has 0 N–H and O–H groups in total. The van der Waals surface area contributed by atoms with E-state index in [1.165, 1.54) is 26.0 Å². The maximum atomic E-state index is 12.1. The number of hydrogen-bond donors (Lipinski definition) is 0. The van der Waals surface area contributed by atoms with Crippen LogP contribution in [0.5, 0.6) is 5.75 Å². The topological polar surface area (TPSA) is 51.2 Å². The normalized spacial score (nSPS) is 15.6. The number of likely N-dealkylation sites (N-methyl/N-ethyl adjacent to an activating group) is 1. The van der Waals surface area contributed by atoms with Gasteiger partial charge in [-0.2, -0.15) is 0 Å². The SMILES string of the molecule is COC=C(C(=O)OC)c1ccccc1COc1ccc(CN2CCN(C)CC2)cc1. The molecule has 1 fully saturated rings. The second-order valence-corrected chi connectivity index (χ2v) is 7.43. The third-order valence-electron chi connectivity index (χ3n) is 5.27. The molecular weight excluding hydrogens is 380 g/mol. The van der Waals surface area contributed by atoms with Gasteiger partial charge in [0.05, 0.1) is 20.5 Å². The summed E-state index contributed by atoms with van der Waals surface area (Å²) in [5.74, 6) is 0.347. The van der Waals surface area contributed by atoms with Crippen molar-refractivity contribution in [2.45, 2.75) is 13.2 Å². The molecule has 1 aliphatic rings. The van der Waals surface area contributed by atoms with E-state index in [9.17, 15) is 4.79 Å². The third-order valence-corrected chi connectivity index (χ3v) is 5.27. The van der Waals surface area contributed by atoms with E-state index >= 15 is 0 Å². The van der Waals surface area contributed by atoms with Gasteiger partial charge in [-0.25, -0.2) is 4.79 Å². The summed E-state index contributed by atoms with van der Waals surface area (Å²) in [7, 11) is 5.03. The van der Waals surface area contributed by atoms with Crippen LogP contribution in [-0.4, -0.2) is 63.2 Å². The van der Waals surface area contributed by atoms with E-state index in [1.807, 2.05) is 36.4 Å². The van der Waals surface area contributed by atoms with Crippen molar-refractivity contribution in [3.63, 3.8) is 0 Å². The number of carbonyl (C=O) groups is 1. The molecule has 1 heterocycles. The minimum Gasteiger partial charge on any atom is -0.503 e. The van der Waals surface area contributed by atoms with Crippen LogP contribution in [0.4, 0.5) is 0 Å². The van der Waals surface area contributed by atoms with Crippen LogP contribution in [-0.2, 0) is 27.4 Å². The van der Waals surface area contributed by atoms with Gasteiger partial charge in [0.2, 0.25) is 0 Å². The number of ether oxygens (including phenoxy) is 3. The number of esters is 1. The number of hydrogen-bond acceptors (Lipinski definition) is 6. The maximum Gasteiger partial charge on any atom is 0.341 e. The van der Waals surface area contributed by atoms with Crippen LogP contribution < -0.4 is 4.74 Å². The highest BCUT2D eigenvalue weighted by atomic mass is 16.5. The van der Waals surface area contributed by atoms with Gasteiger partial charge in [-0.1, -0.05) is 36.4 Å². The maximum absolute atomic E-state index is 12.1. The summed E-state index contributed by atoms with van der Waals surface area (Å²) >= 11 is 0. The molecule has 0 aromatic heterocycles. The molecule has 30 heavy (non-hydrogen) atoms. The van der Waals surface area contributed by atoms with E-state index in [1.54, 1.807) is 0 Å². The fourth-order valence-corrected chi connectivity index (χ4v) is 3.47. The van der Waals surface area contributed by atoms with Crippen molar-refractivity contribution in [3.8, 4) is 5.75 Å². The Bertz CT molecular complexity index is 856. The summed E-state index contributed by atoms with van der Waals surface area (Å²) in [6, 6.07) is 15.8. The standard InChI is InChI=1S/C24H30N2O4/c1-25-12-14-26(15-13-25)16-19-8-10-21(11-9-19)30-17-20-6-4-5-7-22(20)23(18-28-2)24(27)29-3/h4-11,18H,12-17H2,1-3H3. The quantitative estimate of drug-likeness (QED) is 0.379. The molecule has 2 aromatic rings. The number of methoxy groups -OCH3 is 2. The highest BCUT2D eigenvalue weighted by Crippen LogP contribution is 2.23. The number of carbonyl (C=O) groups excluding carboxylic acids is 1. The fourth-order valence-electron chi connectivity index (χ4n) is 3.47. The Hall–Kier alpha value is -2.83. The Morgan fingerprint density at radius 3 is 2.37 bits per heavy atom. The molecule has 0 amide bonds. The van der Waals surface area contributed by atoms with Crippen LogP contribution in [0.25, 0.3) is 5.57 Å². The summed E-state index contributed by atoms with van der Waals surface area (Å²) in [5.41, 5.74) is 3.26.